The molecule has 1 rings (SSSR count). The van der Waals surface area contributed by atoms with Crippen LogP contribution in [0.15, 0.2) is 18.2 Å². The van der Waals surface area contributed by atoms with Gasteiger partial charge in [0.2, 0.25) is 0 Å². The number of nitrogens with one attached hydrogen (secondary N) is 2. The smallest absolute Gasteiger partial charge is 0.314 e. The van der Waals surface area contributed by atoms with Crippen molar-refractivity contribution in [1.82, 2.24) is 10.6 Å². The predicted molar refractivity (Wildman–Crippen MR) is 77.7 cm³/mol. The molecular weight excluding hydrogens is 240 g/mol. The molecule has 1 aromatic carbocycles. The Kier molecular flexibility index (Phi) is 6.19. The third-order valence-electron chi connectivity index (χ3n) is 2.66. The van der Waals surface area contributed by atoms with E-state index in [2.05, 4.69) is 30.5 Å². The summed E-state index contributed by atoms with van der Waals surface area (Å²) in [5.41, 5.74) is 2.28. The standard InChI is InChI=1S/C15H24N2O2/c1-11(2)10-17-15(18)16-7-8-19-14-9-12(3)5-6-13(14)4/h5-6,9,11H,7-8,10H2,1-4H3,(H2,16,17,18). The lowest BCUT2D eigenvalue weighted by Crippen LogP contribution is -2.39. The molecule has 2 amide bonds. The summed E-state index contributed by atoms with van der Waals surface area (Å²) >= 11 is 0. The summed E-state index contributed by atoms with van der Waals surface area (Å²) in [6.07, 6.45) is 0. The third kappa shape index (κ3) is 6.13. The number of urea groups is 1. The number of hydrogen-bond donors (Lipinski definition) is 2. The Bertz CT molecular complexity index is 417. The number of benzene rings is 1. The van der Waals surface area contributed by atoms with E-state index in [0.717, 1.165) is 11.3 Å². The summed E-state index contributed by atoms with van der Waals surface area (Å²) < 4.78 is 5.65. The Labute approximate surface area is 115 Å². The number of amides is 2. The van der Waals surface area contributed by atoms with E-state index in [9.17, 15) is 4.79 Å². The van der Waals surface area contributed by atoms with Crippen molar-refractivity contribution < 1.29 is 9.53 Å². The van der Waals surface area contributed by atoms with Crippen LogP contribution in [0, 0.1) is 19.8 Å². The number of carbonyl (C=O) groups excluding carboxylic acids is 1. The Morgan fingerprint density at radius 2 is 2.00 bits per heavy atom. The lowest BCUT2D eigenvalue weighted by molar-refractivity contribution is 0.235. The van der Waals surface area contributed by atoms with Crippen molar-refractivity contribution in [2.75, 3.05) is 19.7 Å². The topological polar surface area (TPSA) is 50.4 Å². The van der Waals surface area contributed by atoms with Crippen molar-refractivity contribution in [2.24, 2.45) is 5.92 Å². The number of aryl methyl sites for hydroxylation is 2. The average Bonchev–Trinajstić information content (AvgIpc) is 2.36. The molecule has 0 unspecified atom stereocenters. The molecule has 0 aliphatic carbocycles. The fourth-order valence-electron chi connectivity index (χ4n) is 1.55. The first-order valence-corrected chi connectivity index (χ1v) is 6.71. The van der Waals surface area contributed by atoms with E-state index in [0.29, 0.717) is 25.6 Å². The lowest BCUT2D eigenvalue weighted by Gasteiger charge is -2.12. The van der Waals surface area contributed by atoms with Crippen LogP contribution in [-0.2, 0) is 0 Å². The molecule has 0 spiro atoms. The maximum absolute atomic E-state index is 11.4. The lowest BCUT2D eigenvalue weighted by atomic mass is 10.1. The molecule has 106 valence electrons. The molecule has 4 heteroatoms. The van der Waals surface area contributed by atoms with Crippen molar-refractivity contribution in [3.05, 3.63) is 29.3 Å². The Balaban J connectivity index is 2.23. The van der Waals surface area contributed by atoms with Crippen LogP contribution in [0.3, 0.4) is 0 Å². The minimum atomic E-state index is -0.140. The quantitative estimate of drug-likeness (QED) is 0.776. The van der Waals surface area contributed by atoms with Gasteiger partial charge >= 0.3 is 6.03 Å². The predicted octanol–water partition coefficient (Wildman–Crippen LogP) is 2.64. The van der Waals surface area contributed by atoms with E-state index in [4.69, 9.17) is 4.74 Å². The molecule has 0 saturated carbocycles. The summed E-state index contributed by atoms with van der Waals surface area (Å²) in [7, 11) is 0. The Hall–Kier alpha value is -1.71. The number of carbonyl (C=O) groups is 1. The number of hydrogen-bond acceptors (Lipinski definition) is 2. The maximum atomic E-state index is 11.4. The Morgan fingerprint density at radius 1 is 1.26 bits per heavy atom. The highest BCUT2D eigenvalue weighted by Gasteiger charge is 2.02. The fourth-order valence-corrected chi connectivity index (χ4v) is 1.55. The zero-order valence-electron chi connectivity index (χ0n) is 12.2. The molecular formula is C15H24N2O2. The van der Waals surface area contributed by atoms with Gasteiger partial charge in [-0.2, -0.15) is 0 Å². The molecule has 0 bridgehead atoms. The normalized spacial score (nSPS) is 10.4. The van der Waals surface area contributed by atoms with Crippen molar-refractivity contribution in [3.8, 4) is 5.75 Å². The summed E-state index contributed by atoms with van der Waals surface area (Å²) in [6.45, 7) is 9.82. The average molecular weight is 264 g/mol. The van der Waals surface area contributed by atoms with Gasteiger partial charge in [0.05, 0.1) is 6.54 Å². The molecule has 0 radical (unpaired) electrons. The van der Waals surface area contributed by atoms with Gasteiger partial charge in [-0.05, 0) is 37.0 Å². The molecule has 0 fully saturated rings. The largest absolute Gasteiger partial charge is 0.491 e. The first-order chi connectivity index (χ1) is 8.99. The van der Waals surface area contributed by atoms with Crippen molar-refractivity contribution in [2.45, 2.75) is 27.7 Å². The van der Waals surface area contributed by atoms with Gasteiger partial charge in [-0.25, -0.2) is 4.79 Å². The summed E-state index contributed by atoms with van der Waals surface area (Å²) in [4.78, 5) is 11.4. The highest BCUT2D eigenvalue weighted by Crippen LogP contribution is 2.18. The highest BCUT2D eigenvalue weighted by atomic mass is 16.5. The molecule has 2 N–H and O–H groups in total. The van der Waals surface area contributed by atoms with Gasteiger partial charge in [0.25, 0.3) is 0 Å². The van der Waals surface area contributed by atoms with E-state index in [1.54, 1.807) is 0 Å². The molecule has 0 atom stereocenters. The molecule has 0 aromatic heterocycles. The highest BCUT2D eigenvalue weighted by molar-refractivity contribution is 5.73. The molecule has 1 aromatic rings. The van der Waals surface area contributed by atoms with Gasteiger partial charge in [-0.15, -0.1) is 0 Å². The Morgan fingerprint density at radius 3 is 2.68 bits per heavy atom. The second-order valence-electron chi connectivity index (χ2n) is 5.15. The van der Waals surface area contributed by atoms with E-state index in [-0.39, 0.29) is 6.03 Å². The zero-order valence-corrected chi connectivity index (χ0v) is 12.2. The molecule has 4 nitrogen and oxygen atoms in total. The minimum absolute atomic E-state index is 0.140. The van der Waals surface area contributed by atoms with Crippen LogP contribution in [0.1, 0.15) is 25.0 Å². The summed E-state index contributed by atoms with van der Waals surface area (Å²) in [6, 6.07) is 5.96. The second kappa shape index (κ2) is 7.67. The zero-order chi connectivity index (χ0) is 14.3. The van der Waals surface area contributed by atoms with Gasteiger partial charge in [0.15, 0.2) is 0 Å². The second-order valence-corrected chi connectivity index (χ2v) is 5.15. The SMILES string of the molecule is Cc1ccc(C)c(OCCNC(=O)NCC(C)C)c1. The van der Waals surface area contributed by atoms with Crippen LogP contribution in [0.4, 0.5) is 4.79 Å². The van der Waals surface area contributed by atoms with Crippen molar-refractivity contribution >= 4 is 6.03 Å². The van der Waals surface area contributed by atoms with Gasteiger partial charge < -0.3 is 15.4 Å². The summed E-state index contributed by atoms with van der Waals surface area (Å²) in [5.74, 6) is 1.33. The van der Waals surface area contributed by atoms with Gasteiger partial charge in [0.1, 0.15) is 12.4 Å². The number of rotatable bonds is 6. The van der Waals surface area contributed by atoms with Crippen LogP contribution in [-0.4, -0.2) is 25.7 Å². The van der Waals surface area contributed by atoms with E-state index >= 15 is 0 Å². The van der Waals surface area contributed by atoms with Crippen LogP contribution < -0.4 is 15.4 Å². The molecule has 0 aliphatic heterocycles. The molecule has 19 heavy (non-hydrogen) atoms. The van der Waals surface area contributed by atoms with E-state index in [1.807, 2.05) is 26.0 Å². The molecule has 0 aliphatic rings. The van der Waals surface area contributed by atoms with Gasteiger partial charge in [-0.1, -0.05) is 26.0 Å². The summed E-state index contributed by atoms with van der Waals surface area (Å²) in [5, 5.41) is 5.56. The van der Waals surface area contributed by atoms with Gasteiger partial charge in [-0.3, -0.25) is 0 Å². The van der Waals surface area contributed by atoms with E-state index < -0.39 is 0 Å². The molecule has 0 heterocycles. The molecule has 0 saturated heterocycles. The van der Waals surface area contributed by atoms with Gasteiger partial charge in [0, 0.05) is 6.54 Å². The maximum Gasteiger partial charge on any atom is 0.314 e. The first kappa shape index (κ1) is 15.3. The van der Waals surface area contributed by atoms with Crippen LogP contribution in [0.5, 0.6) is 5.75 Å². The minimum Gasteiger partial charge on any atom is -0.491 e. The van der Waals surface area contributed by atoms with Crippen LogP contribution in [0.25, 0.3) is 0 Å². The van der Waals surface area contributed by atoms with Crippen molar-refractivity contribution in [3.63, 3.8) is 0 Å². The van der Waals surface area contributed by atoms with Crippen molar-refractivity contribution in [1.29, 1.82) is 0 Å². The van der Waals surface area contributed by atoms with Crippen LogP contribution >= 0.6 is 0 Å². The fraction of sp³-hybridized carbons (Fsp3) is 0.533. The number of ether oxygens (including phenoxy) is 1. The third-order valence-corrected chi connectivity index (χ3v) is 2.66. The van der Waals surface area contributed by atoms with E-state index in [1.165, 1.54) is 5.56 Å². The van der Waals surface area contributed by atoms with Crippen LogP contribution in [0.2, 0.25) is 0 Å². The first-order valence-electron chi connectivity index (χ1n) is 6.71. The monoisotopic (exact) mass is 264 g/mol.